The van der Waals surface area contributed by atoms with Crippen LogP contribution in [0.1, 0.15) is 54.6 Å². The number of carbonyl (C=O) groups excluding carboxylic acids is 1. The normalized spacial score (nSPS) is 19.2. The van der Waals surface area contributed by atoms with Gasteiger partial charge in [-0.05, 0) is 31.9 Å². The van der Waals surface area contributed by atoms with E-state index < -0.39 is 0 Å². The first-order valence-electron chi connectivity index (χ1n) is 6.85. The third-order valence-corrected chi connectivity index (χ3v) is 4.11. The van der Waals surface area contributed by atoms with Gasteiger partial charge < -0.3 is 5.73 Å². The number of Topliss-reactive ketones (excluding diaryl/α,β-unsaturated/α-hetero) is 1. The van der Waals surface area contributed by atoms with Crippen LogP contribution in [0.4, 0.5) is 0 Å². The predicted molar refractivity (Wildman–Crippen MR) is 72.5 cm³/mol. The molecule has 18 heavy (non-hydrogen) atoms. The number of nitrogens with zero attached hydrogens (tertiary/aromatic N) is 1. The molecule has 3 nitrogen and oxygen atoms in total. The van der Waals surface area contributed by atoms with Crippen molar-refractivity contribution in [1.29, 1.82) is 0 Å². The molecule has 1 saturated carbocycles. The average Bonchev–Trinajstić information content (AvgIpc) is 2.65. The smallest absolute Gasteiger partial charge is 0.171 e. The maximum absolute atomic E-state index is 12.7. The van der Waals surface area contributed by atoms with Crippen LogP contribution in [-0.2, 0) is 0 Å². The fraction of sp³-hybridized carbons (Fsp3) is 0.600. The van der Waals surface area contributed by atoms with Crippen molar-refractivity contribution in [3.63, 3.8) is 0 Å². The van der Waals surface area contributed by atoms with Gasteiger partial charge in [0.2, 0.25) is 0 Å². The second kappa shape index (κ2) is 5.61. The summed E-state index contributed by atoms with van der Waals surface area (Å²) in [4.78, 5) is 16.9. The summed E-state index contributed by atoms with van der Waals surface area (Å²) in [7, 11) is 0. The van der Waals surface area contributed by atoms with Gasteiger partial charge in [-0.2, -0.15) is 0 Å². The van der Waals surface area contributed by atoms with Gasteiger partial charge >= 0.3 is 0 Å². The highest BCUT2D eigenvalue weighted by atomic mass is 16.1. The molecule has 0 radical (unpaired) electrons. The van der Waals surface area contributed by atoms with Crippen molar-refractivity contribution in [2.24, 2.45) is 11.1 Å². The van der Waals surface area contributed by atoms with E-state index >= 15 is 0 Å². The Bertz CT molecular complexity index is 403. The van der Waals surface area contributed by atoms with Gasteiger partial charge in [0.15, 0.2) is 5.78 Å². The minimum absolute atomic E-state index is 0.194. The van der Waals surface area contributed by atoms with E-state index in [2.05, 4.69) is 4.98 Å². The Morgan fingerprint density at radius 2 is 1.94 bits per heavy atom. The fourth-order valence-corrected chi connectivity index (χ4v) is 2.84. The summed E-state index contributed by atoms with van der Waals surface area (Å²) in [5.74, 6) is 0.194. The summed E-state index contributed by atoms with van der Waals surface area (Å²) in [5.41, 5.74) is 7.25. The molecular weight excluding hydrogens is 224 g/mol. The Kier molecular flexibility index (Phi) is 4.12. The maximum Gasteiger partial charge on any atom is 0.171 e. The van der Waals surface area contributed by atoms with Crippen molar-refractivity contribution in [3.8, 4) is 0 Å². The molecular formula is C15H22N2O. The van der Waals surface area contributed by atoms with Gasteiger partial charge in [0.05, 0.1) is 0 Å². The van der Waals surface area contributed by atoms with Gasteiger partial charge in [-0.25, -0.2) is 0 Å². The van der Waals surface area contributed by atoms with E-state index in [0.717, 1.165) is 31.4 Å². The molecule has 0 unspecified atom stereocenters. The summed E-state index contributed by atoms with van der Waals surface area (Å²) in [6.07, 6.45) is 8.22. The summed E-state index contributed by atoms with van der Waals surface area (Å²) >= 11 is 0. The number of ketones is 1. The van der Waals surface area contributed by atoms with Gasteiger partial charge in [0, 0.05) is 29.4 Å². The number of carbonyl (C=O) groups is 1. The maximum atomic E-state index is 12.7. The van der Waals surface area contributed by atoms with E-state index in [9.17, 15) is 4.79 Å². The third-order valence-electron chi connectivity index (χ3n) is 4.11. The van der Waals surface area contributed by atoms with Gasteiger partial charge in [0.1, 0.15) is 0 Å². The molecule has 0 spiro atoms. The molecule has 1 aliphatic rings. The van der Waals surface area contributed by atoms with E-state index in [0.29, 0.717) is 12.1 Å². The van der Waals surface area contributed by atoms with E-state index in [1.165, 1.54) is 12.8 Å². The van der Waals surface area contributed by atoms with Gasteiger partial charge in [0.25, 0.3) is 0 Å². The van der Waals surface area contributed by atoms with Crippen molar-refractivity contribution < 1.29 is 4.79 Å². The number of aromatic nitrogens is 1. The van der Waals surface area contributed by atoms with E-state index in [-0.39, 0.29) is 11.2 Å². The molecule has 0 saturated heterocycles. The first-order chi connectivity index (χ1) is 8.68. The van der Waals surface area contributed by atoms with Gasteiger partial charge in [-0.1, -0.05) is 25.7 Å². The minimum atomic E-state index is -0.340. The lowest BCUT2D eigenvalue weighted by Gasteiger charge is -2.29. The van der Waals surface area contributed by atoms with Crippen LogP contribution in [0.2, 0.25) is 0 Å². The first-order valence-corrected chi connectivity index (χ1v) is 6.85. The first kappa shape index (κ1) is 13.2. The van der Waals surface area contributed by atoms with Crippen molar-refractivity contribution >= 4 is 5.78 Å². The van der Waals surface area contributed by atoms with Crippen molar-refractivity contribution in [2.75, 3.05) is 6.54 Å². The van der Waals surface area contributed by atoms with E-state index in [1.807, 2.05) is 19.1 Å². The van der Waals surface area contributed by atoms with Crippen molar-refractivity contribution in [1.82, 2.24) is 4.98 Å². The second-order valence-electron chi connectivity index (χ2n) is 5.42. The molecule has 1 aromatic rings. The lowest BCUT2D eigenvalue weighted by molar-refractivity contribution is 0.0774. The Morgan fingerprint density at radius 1 is 1.28 bits per heavy atom. The summed E-state index contributed by atoms with van der Waals surface area (Å²) in [6, 6.07) is 3.78. The molecule has 0 aromatic carbocycles. The highest BCUT2D eigenvalue weighted by Gasteiger charge is 2.37. The van der Waals surface area contributed by atoms with Crippen LogP contribution in [0.3, 0.4) is 0 Å². The summed E-state index contributed by atoms with van der Waals surface area (Å²) < 4.78 is 0. The van der Waals surface area contributed by atoms with Crippen LogP contribution in [0, 0.1) is 12.3 Å². The number of hydrogen-bond donors (Lipinski definition) is 1. The zero-order valence-corrected chi connectivity index (χ0v) is 11.1. The largest absolute Gasteiger partial charge is 0.329 e. The SMILES string of the molecule is Cc1ccc(C(=O)C2(CN)CCCCCC2)cn1. The van der Waals surface area contributed by atoms with Crippen LogP contribution in [-0.4, -0.2) is 17.3 Å². The highest BCUT2D eigenvalue weighted by Crippen LogP contribution is 2.37. The number of rotatable bonds is 3. The van der Waals surface area contributed by atoms with Gasteiger partial charge in [-0.15, -0.1) is 0 Å². The lowest BCUT2D eigenvalue weighted by Crippen LogP contribution is -2.38. The van der Waals surface area contributed by atoms with Gasteiger partial charge in [-0.3, -0.25) is 9.78 Å². The topological polar surface area (TPSA) is 56.0 Å². The Balaban J connectivity index is 2.25. The molecule has 2 N–H and O–H groups in total. The molecule has 2 rings (SSSR count). The van der Waals surface area contributed by atoms with E-state index in [4.69, 9.17) is 5.73 Å². The number of pyridine rings is 1. The number of aryl methyl sites for hydroxylation is 1. The fourth-order valence-electron chi connectivity index (χ4n) is 2.84. The summed E-state index contributed by atoms with van der Waals surface area (Å²) in [5, 5.41) is 0. The van der Waals surface area contributed by atoms with Crippen molar-refractivity contribution in [2.45, 2.75) is 45.4 Å². The minimum Gasteiger partial charge on any atom is -0.329 e. The van der Waals surface area contributed by atoms with Crippen LogP contribution >= 0.6 is 0 Å². The van der Waals surface area contributed by atoms with Crippen LogP contribution < -0.4 is 5.73 Å². The molecule has 0 aliphatic heterocycles. The number of nitrogens with two attached hydrogens (primary N) is 1. The van der Waals surface area contributed by atoms with Crippen molar-refractivity contribution in [3.05, 3.63) is 29.6 Å². The Morgan fingerprint density at radius 3 is 2.44 bits per heavy atom. The highest BCUT2D eigenvalue weighted by molar-refractivity contribution is 6.00. The average molecular weight is 246 g/mol. The quantitative estimate of drug-likeness (QED) is 0.659. The zero-order valence-electron chi connectivity index (χ0n) is 11.1. The molecule has 98 valence electrons. The molecule has 1 aliphatic carbocycles. The van der Waals surface area contributed by atoms with Crippen LogP contribution in [0.5, 0.6) is 0 Å². The molecule has 0 bridgehead atoms. The molecule has 0 amide bonds. The molecule has 1 fully saturated rings. The third kappa shape index (κ3) is 2.61. The molecule has 3 heteroatoms. The predicted octanol–water partition coefficient (Wildman–Crippen LogP) is 2.87. The van der Waals surface area contributed by atoms with Crippen LogP contribution in [0.15, 0.2) is 18.3 Å². The second-order valence-corrected chi connectivity index (χ2v) is 5.42. The monoisotopic (exact) mass is 246 g/mol. The number of hydrogen-bond acceptors (Lipinski definition) is 3. The standard InChI is InChI=1S/C15H22N2O/c1-12-6-7-13(10-17-12)14(18)15(11-16)8-4-2-3-5-9-15/h6-7,10H,2-5,8-9,11,16H2,1H3. The Labute approximate surface area is 109 Å². The molecule has 1 heterocycles. The summed E-state index contributed by atoms with van der Waals surface area (Å²) in [6.45, 7) is 2.39. The Hall–Kier alpha value is -1.22. The lowest BCUT2D eigenvalue weighted by atomic mass is 9.74. The molecule has 0 atom stereocenters. The van der Waals surface area contributed by atoms with E-state index in [1.54, 1.807) is 6.20 Å². The zero-order chi connectivity index (χ0) is 13.0. The molecule has 1 aromatic heterocycles. The van der Waals surface area contributed by atoms with Crippen LogP contribution in [0.25, 0.3) is 0 Å².